The molecule has 3 saturated heterocycles. The Balaban J connectivity index is 1.31. The molecule has 2 unspecified atom stereocenters. The summed E-state index contributed by atoms with van der Waals surface area (Å²) in [6.07, 6.45) is -0.399. The maximum atomic E-state index is 15.0. The molecule has 3 aromatic rings. The van der Waals surface area contributed by atoms with Gasteiger partial charge >= 0.3 is 5.97 Å². The third kappa shape index (κ3) is 13.8. The van der Waals surface area contributed by atoms with Gasteiger partial charge in [-0.15, -0.1) is 5.10 Å². The number of likely N-dealkylation sites (N-methyl/N-ethyl adjacent to an activating group) is 1. The van der Waals surface area contributed by atoms with E-state index in [1.54, 1.807) is 60.3 Å². The molecule has 20 atom stereocenters. The molecule has 0 amide bonds. The van der Waals surface area contributed by atoms with Gasteiger partial charge in [-0.2, -0.15) is 0 Å². The minimum atomic E-state index is -2.01. The SMILES string of the molecule is CCCNC[C@]1(O)[C@H](C)OC(C2[C@@H](C)C(=O)O[C@H](CC)[C@@](C)(O)[C@H](O)[C@@H](C)C(=O)[C@H](C)C[C@@](C)(OC)[C@H](O[C@@H]3O[C@H](C)C[C@H](N(C)CCc4cn([C@H](CF)[C@H](OC)c5ccc(-c6cncnc6)cc5)nn4)[C@H]3O)[C@H]2C)C[C@@]1(C)OC. The van der Waals surface area contributed by atoms with E-state index >= 15 is 0 Å². The van der Waals surface area contributed by atoms with Crippen molar-refractivity contribution in [3.05, 3.63) is 60.4 Å². The van der Waals surface area contributed by atoms with Gasteiger partial charge in [-0.3, -0.25) is 9.59 Å². The number of carbonyl (C=O) groups excluding carboxylic acids is 2. The van der Waals surface area contributed by atoms with Gasteiger partial charge in [-0.1, -0.05) is 71.0 Å². The zero-order valence-electron chi connectivity index (χ0n) is 50.0. The van der Waals surface area contributed by atoms with Crippen molar-refractivity contribution in [3.8, 4) is 11.1 Å². The number of methoxy groups -OCH3 is 3. The molecule has 0 saturated carbocycles. The smallest absolute Gasteiger partial charge is 0.309 e. The summed E-state index contributed by atoms with van der Waals surface area (Å²) in [5, 5.41) is 60.8. The highest BCUT2D eigenvalue weighted by Gasteiger charge is 2.61. The number of aliphatic hydroxyl groups is 4. The summed E-state index contributed by atoms with van der Waals surface area (Å²) in [6, 6.07) is 6.29. The Morgan fingerprint density at radius 3 is 2.20 bits per heavy atom. The minimum Gasteiger partial charge on any atom is -0.459 e. The first-order valence-corrected chi connectivity index (χ1v) is 28.7. The number of ether oxygens (including phenoxy) is 7. The first-order chi connectivity index (χ1) is 37.8. The summed E-state index contributed by atoms with van der Waals surface area (Å²) < 4.78 is 61.9. The molecule has 21 heteroatoms. The molecule has 0 aliphatic carbocycles. The molecule has 80 heavy (non-hydrogen) atoms. The molecule has 3 fully saturated rings. The number of benzene rings is 1. The van der Waals surface area contributed by atoms with Gasteiger partial charge < -0.3 is 63.8 Å². The summed E-state index contributed by atoms with van der Waals surface area (Å²) in [5.41, 5.74) is -2.94. The van der Waals surface area contributed by atoms with Crippen molar-refractivity contribution in [2.75, 3.05) is 54.7 Å². The van der Waals surface area contributed by atoms with Crippen LogP contribution >= 0.6 is 0 Å². The van der Waals surface area contributed by atoms with Gasteiger partial charge in [0.2, 0.25) is 0 Å². The molecule has 6 rings (SSSR count). The third-order valence-electron chi connectivity index (χ3n) is 18.3. The monoisotopic (exact) mass is 1130 g/mol. The number of carbonyl (C=O) groups is 2. The lowest BCUT2D eigenvalue weighted by molar-refractivity contribution is -0.309. The van der Waals surface area contributed by atoms with Crippen LogP contribution in [0.3, 0.4) is 0 Å². The summed E-state index contributed by atoms with van der Waals surface area (Å²) in [4.78, 5) is 39.5. The van der Waals surface area contributed by atoms with Crippen molar-refractivity contribution in [1.82, 2.24) is 35.2 Å². The second-order valence-electron chi connectivity index (χ2n) is 23.8. The number of alkyl halides is 1. The molecule has 5 N–H and O–H groups in total. The lowest BCUT2D eigenvalue weighted by Crippen LogP contribution is -2.71. The number of Topliss-reactive ketones (excluding diaryl/α,β-unsaturated/α-hetero) is 1. The topological polar surface area (TPSA) is 251 Å². The number of hydrogen-bond donors (Lipinski definition) is 5. The molecule has 20 nitrogen and oxygen atoms in total. The van der Waals surface area contributed by atoms with Gasteiger partial charge in [0.1, 0.15) is 54.3 Å². The van der Waals surface area contributed by atoms with Crippen molar-refractivity contribution >= 4 is 11.8 Å². The molecule has 1 aromatic carbocycles. The molecule has 5 heterocycles. The van der Waals surface area contributed by atoms with Crippen molar-refractivity contribution < 1.29 is 67.6 Å². The van der Waals surface area contributed by atoms with Gasteiger partial charge in [-0.25, -0.2) is 19.0 Å². The van der Waals surface area contributed by atoms with E-state index in [0.717, 1.165) is 23.1 Å². The van der Waals surface area contributed by atoms with E-state index in [-0.39, 0.29) is 31.6 Å². The summed E-state index contributed by atoms with van der Waals surface area (Å²) in [7, 11) is 6.50. The van der Waals surface area contributed by atoms with Gasteiger partial charge in [0.05, 0.1) is 53.3 Å². The minimum absolute atomic E-state index is 0.0625. The Morgan fingerprint density at radius 1 is 0.925 bits per heavy atom. The normalized spacial score (nSPS) is 37.7. The maximum absolute atomic E-state index is 15.0. The van der Waals surface area contributed by atoms with Gasteiger partial charge in [0.15, 0.2) is 6.29 Å². The standard InChI is InChI=1S/C59H94FN7O13/c1-16-23-61-32-59(73)39(8)78-46(27-57(59,10)76-15)48-36(5)53(56(9,75-14)26-34(3)49(68)38(7)52(70)58(11,72)47(17-2)79-54(71)37(48)6)80-55-50(69)44(25-35(4)77-55)66(12)24-22-43-31-67(65-64-43)45(28-60)51(74-13)41-20-18-40(19-21-41)42-29-62-33-63-30-42/h18-21,29-31,33-39,44-48,50-53,55,61,69-70,72-73H,16-17,22-28,32H2,1-15H3/t34-,35-,36+,37-,38+,39+,44+,45-,46?,47-,48?,50-,51-,52-,53-,55+,56-,57-,58-,59+/m1/s1. The van der Waals surface area contributed by atoms with Crippen LogP contribution in [0.2, 0.25) is 0 Å². The van der Waals surface area contributed by atoms with E-state index in [9.17, 15) is 34.4 Å². The molecule has 450 valence electrons. The highest BCUT2D eigenvalue weighted by Crippen LogP contribution is 2.48. The summed E-state index contributed by atoms with van der Waals surface area (Å²) >= 11 is 0. The van der Waals surface area contributed by atoms with Crippen LogP contribution in [0.4, 0.5) is 4.39 Å². The Kier molecular flexibility index (Phi) is 22.5. The van der Waals surface area contributed by atoms with Crippen LogP contribution in [0, 0.1) is 29.6 Å². The van der Waals surface area contributed by atoms with Crippen LogP contribution in [0.5, 0.6) is 0 Å². The van der Waals surface area contributed by atoms with Crippen LogP contribution in [0.15, 0.2) is 49.2 Å². The Bertz CT molecular complexity index is 2430. The fraction of sp³-hybridized carbons (Fsp3) is 0.763. The van der Waals surface area contributed by atoms with Crippen molar-refractivity contribution in [3.63, 3.8) is 0 Å². The highest BCUT2D eigenvalue weighted by atomic mass is 19.1. The zero-order valence-corrected chi connectivity index (χ0v) is 50.0. The molecular formula is C59H94FN7O13. The fourth-order valence-electron chi connectivity index (χ4n) is 13.1. The lowest BCUT2D eigenvalue weighted by atomic mass is 9.65. The maximum Gasteiger partial charge on any atom is 0.309 e. The molecule has 3 aliphatic heterocycles. The third-order valence-corrected chi connectivity index (χ3v) is 18.3. The Hall–Kier alpha value is -3.97. The molecule has 0 radical (unpaired) electrons. The Morgan fingerprint density at radius 2 is 1.60 bits per heavy atom. The van der Waals surface area contributed by atoms with Crippen molar-refractivity contribution in [1.29, 1.82) is 0 Å². The van der Waals surface area contributed by atoms with Crippen LogP contribution < -0.4 is 5.32 Å². The van der Waals surface area contributed by atoms with Crippen LogP contribution in [-0.2, 0) is 49.2 Å². The zero-order chi connectivity index (χ0) is 59.1. The van der Waals surface area contributed by atoms with Gasteiger partial charge in [0, 0.05) is 95.2 Å². The number of nitrogens with one attached hydrogen (secondary N) is 1. The highest BCUT2D eigenvalue weighted by molar-refractivity contribution is 5.83. The number of ketones is 1. The molecule has 3 aliphatic rings. The van der Waals surface area contributed by atoms with Gasteiger partial charge in [-0.05, 0) is 90.9 Å². The van der Waals surface area contributed by atoms with Crippen molar-refractivity contribution in [2.45, 2.75) is 204 Å². The number of nitrogens with zero attached hydrogens (tertiary/aromatic N) is 6. The molecule has 0 spiro atoms. The van der Waals surface area contributed by atoms with E-state index in [2.05, 4.69) is 25.6 Å². The van der Waals surface area contributed by atoms with E-state index in [1.807, 2.05) is 70.8 Å². The average Bonchev–Trinajstić information content (AvgIpc) is 4.08. The number of aromatic nitrogens is 5. The number of esters is 1. The van der Waals surface area contributed by atoms with Crippen LogP contribution in [-0.4, -0.2) is 194 Å². The van der Waals surface area contributed by atoms with E-state index in [4.69, 9.17) is 33.2 Å². The average molecular weight is 1130 g/mol. The second-order valence-corrected chi connectivity index (χ2v) is 23.8. The largest absolute Gasteiger partial charge is 0.459 e. The predicted octanol–water partition coefficient (Wildman–Crippen LogP) is 5.64. The number of hydrogen-bond acceptors (Lipinski definition) is 19. The number of halogens is 1. The second kappa shape index (κ2) is 27.6. The van der Waals surface area contributed by atoms with Crippen LogP contribution in [0.25, 0.3) is 11.1 Å². The van der Waals surface area contributed by atoms with E-state index < -0.39 is 132 Å². The number of aliphatic hydroxyl groups excluding tert-OH is 2. The summed E-state index contributed by atoms with van der Waals surface area (Å²) in [5.74, 6) is -5.34. The number of rotatable bonds is 20. The summed E-state index contributed by atoms with van der Waals surface area (Å²) in [6.45, 7) is 19.9. The van der Waals surface area contributed by atoms with E-state index in [0.29, 0.717) is 31.6 Å². The first kappa shape index (κ1) is 65.2. The fourth-order valence-corrected chi connectivity index (χ4v) is 13.1. The Labute approximate surface area is 473 Å². The van der Waals surface area contributed by atoms with Crippen LogP contribution in [0.1, 0.15) is 132 Å². The molecule has 2 aromatic heterocycles. The number of cyclic esters (lactones) is 1. The molecular weight excluding hydrogens is 1030 g/mol. The molecule has 0 bridgehead atoms. The predicted molar refractivity (Wildman–Crippen MR) is 297 cm³/mol. The lowest BCUT2D eigenvalue weighted by Gasteiger charge is -2.56. The van der Waals surface area contributed by atoms with E-state index in [1.165, 1.54) is 32.2 Å². The van der Waals surface area contributed by atoms with Crippen molar-refractivity contribution in [2.24, 2.45) is 29.6 Å². The quantitative estimate of drug-likeness (QED) is 0.0678. The van der Waals surface area contributed by atoms with Gasteiger partial charge in [0.25, 0.3) is 0 Å². The first-order valence-electron chi connectivity index (χ1n) is 28.7.